The molecule has 19 heavy (non-hydrogen) atoms. The number of carbonyl (C=O) groups is 1. The minimum Gasteiger partial charge on any atom is -0.485 e. The fourth-order valence-corrected chi connectivity index (χ4v) is 2.98. The van der Waals surface area contributed by atoms with Crippen molar-refractivity contribution in [2.45, 2.75) is 18.6 Å². The predicted octanol–water partition coefficient (Wildman–Crippen LogP) is 0.399. The Labute approximate surface area is 114 Å². The molecule has 104 valence electrons. The summed E-state index contributed by atoms with van der Waals surface area (Å²) >= 11 is 1.29. The molecule has 2 aliphatic rings. The number of aliphatic hydroxyl groups excluding tert-OH is 1. The van der Waals surface area contributed by atoms with Crippen LogP contribution in [-0.4, -0.2) is 49.6 Å². The Morgan fingerprint density at radius 3 is 3.05 bits per heavy atom. The van der Waals surface area contributed by atoms with Gasteiger partial charge in [0.25, 0.3) is 5.91 Å². The molecule has 1 aromatic rings. The molecule has 1 amide bonds. The number of hydrogen-bond acceptors (Lipinski definition) is 6. The van der Waals surface area contributed by atoms with Crippen LogP contribution in [0.2, 0.25) is 0 Å². The molecule has 7 heteroatoms. The van der Waals surface area contributed by atoms with Gasteiger partial charge in [-0.3, -0.25) is 4.79 Å². The van der Waals surface area contributed by atoms with E-state index in [-0.39, 0.29) is 18.6 Å². The molecular weight excluding hydrogens is 270 g/mol. The molecule has 1 saturated heterocycles. The van der Waals surface area contributed by atoms with Crippen LogP contribution in [0.25, 0.3) is 0 Å². The minimum absolute atomic E-state index is 0.234. The lowest BCUT2D eigenvalue weighted by atomic mass is 10.1. The third-order valence-electron chi connectivity index (χ3n) is 3.15. The molecule has 0 unspecified atom stereocenters. The highest BCUT2D eigenvalue weighted by Gasteiger charge is 2.29. The fourth-order valence-electron chi connectivity index (χ4n) is 2.14. The van der Waals surface area contributed by atoms with Gasteiger partial charge in [0.1, 0.15) is 18.1 Å². The Morgan fingerprint density at radius 1 is 1.37 bits per heavy atom. The van der Waals surface area contributed by atoms with Crippen LogP contribution in [0.15, 0.2) is 5.38 Å². The Bertz CT molecular complexity index is 475. The number of rotatable bonds is 2. The van der Waals surface area contributed by atoms with Gasteiger partial charge in [0, 0.05) is 12.0 Å². The van der Waals surface area contributed by atoms with Crippen LogP contribution >= 0.6 is 11.3 Å². The third-order valence-corrected chi connectivity index (χ3v) is 4.09. The summed E-state index contributed by atoms with van der Waals surface area (Å²) in [4.78, 5) is 12.7. The monoisotopic (exact) mass is 285 g/mol. The molecule has 0 aliphatic carbocycles. The van der Waals surface area contributed by atoms with E-state index >= 15 is 0 Å². The van der Waals surface area contributed by atoms with Gasteiger partial charge in [-0.15, -0.1) is 11.3 Å². The second kappa shape index (κ2) is 5.36. The first kappa shape index (κ1) is 12.7. The summed E-state index contributed by atoms with van der Waals surface area (Å²) < 4.78 is 16.0. The van der Waals surface area contributed by atoms with Crippen LogP contribution in [-0.2, 0) is 4.74 Å². The van der Waals surface area contributed by atoms with Crippen LogP contribution in [0.5, 0.6) is 11.5 Å². The van der Waals surface area contributed by atoms with Gasteiger partial charge in [-0.25, -0.2) is 0 Å². The number of thiophene rings is 1. The number of aliphatic hydroxyl groups is 1. The molecule has 2 aliphatic heterocycles. The van der Waals surface area contributed by atoms with E-state index in [4.69, 9.17) is 14.2 Å². The Hall–Kier alpha value is -1.31. The van der Waals surface area contributed by atoms with Gasteiger partial charge in [0.05, 0.1) is 18.8 Å². The zero-order chi connectivity index (χ0) is 13.2. The van der Waals surface area contributed by atoms with E-state index in [1.54, 1.807) is 5.38 Å². The highest BCUT2D eigenvalue weighted by atomic mass is 32.1. The number of hydrogen-bond donors (Lipinski definition) is 2. The van der Waals surface area contributed by atoms with Crippen molar-refractivity contribution in [3.8, 4) is 11.5 Å². The summed E-state index contributed by atoms with van der Waals surface area (Å²) in [5.41, 5.74) is 0. The minimum atomic E-state index is -0.661. The molecule has 0 spiro atoms. The third kappa shape index (κ3) is 2.54. The van der Waals surface area contributed by atoms with Crippen molar-refractivity contribution >= 4 is 17.2 Å². The van der Waals surface area contributed by atoms with Gasteiger partial charge in [0.15, 0.2) is 11.5 Å². The van der Waals surface area contributed by atoms with Crippen LogP contribution in [0, 0.1) is 0 Å². The lowest BCUT2D eigenvalue weighted by Gasteiger charge is -2.28. The molecule has 3 heterocycles. The van der Waals surface area contributed by atoms with E-state index in [1.807, 2.05) is 0 Å². The topological polar surface area (TPSA) is 77.0 Å². The summed E-state index contributed by atoms with van der Waals surface area (Å²) in [6, 6.07) is -0.275. The fraction of sp³-hybridized carbons (Fsp3) is 0.583. The first-order valence-electron chi connectivity index (χ1n) is 6.19. The molecule has 6 nitrogen and oxygen atoms in total. The number of carbonyl (C=O) groups excluding carboxylic acids is 1. The summed E-state index contributed by atoms with van der Waals surface area (Å²) in [6.45, 7) is 1.75. The normalized spacial score (nSPS) is 25.9. The van der Waals surface area contributed by atoms with E-state index in [2.05, 4.69) is 5.32 Å². The summed E-state index contributed by atoms with van der Waals surface area (Å²) in [7, 11) is 0. The zero-order valence-corrected chi connectivity index (χ0v) is 11.1. The number of nitrogens with one attached hydrogen (secondary N) is 1. The van der Waals surface area contributed by atoms with E-state index < -0.39 is 6.10 Å². The molecule has 0 radical (unpaired) electrons. The second-order valence-corrected chi connectivity index (χ2v) is 5.35. The van der Waals surface area contributed by atoms with Gasteiger partial charge in [-0.05, 0) is 6.42 Å². The van der Waals surface area contributed by atoms with Gasteiger partial charge in [-0.1, -0.05) is 0 Å². The molecule has 0 bridgehead atoms. The number of amides is 1. The van der Waals surface area contributed by atoms with Gasteiger partial charge in [-0.2, -0.15) is 0 Å². The Balaban J connectivity index is 1.71. The van der Waals surface area contributed by atoms with Crippen LogP contribution < -0.4 is 14.8 Å². The van der Waals surface area contributed by atoms with Crippen molar-refractivity contribution in [2.24, 2.45) is 0 Å². The van der Waals surface area contributed by atoms with Crippen LogP contribution in [0.4, 0.5) is 0 Å². The Kier molecular flexibility index (Phi) is 3.58. The van der Waals surface area contributed by atoms with Crippen molar-refractivity contribution < 1.29 is 24.1 Å². The lowest BCUT2D eigenvalue weighted by Crippen LogP contribution is -2.48. The highest BCUT2D eigenvalue weighted by Crippen LogP contribution is 2.39. The quantitative estimate of drug-likeness (QED) is 0.822. The average molecular weight is 285 g/mol. The van der Waals surface area contributed by atoms with Crippen molar-refractivity contribution in [1.82, 2.24) is 5.32 Å². The van der Waals surface area contributed by atoms with Gasteiger partial charge < -0.3 is 24.6 Å². The molecule has 1 aromatic heterocycles. The molecule has 1 fully saturated rings. The number of ether oxygens (including phenoxy) is 3. The van der Waals surface area contributed by atoms with Crippen molar-refractivity contribution in [3.05, 3.63) is 10.3 Å². The molecular formula is C12H15NO5S. The van der Waals surface area contributed by atoms with Crippen molar-refractivity contribution in [2.75, 3.05) is 26.4 Å². The Morgan fingerprint density at radius 2 is 2.21 bits per heavy atom. The smallest absolute Gasteiger partial charge is 0.265 e. The molecule has 2 N–H and O–H groups in total. The molecule has 0 saturated carbocycles. The highest BCUT2D eigenvalue weighted by molar-refractivity contribution is 7.12. The first-order valence-corrected chi connectivity index (χ1v) is 7.07. The maximum absolute atomic E-state index is 12.2. The van der Waals surface area contributed by atoms with Crippen molar-refractivity contribution in [1.29, 1.82) is 0 Å². The first-order chi connectivity index (χ1) is 9.25. The maximum atomic E-state index is 12.2. The van der Waals surface area contributed by atoms with Crippen LogP contribution in [0.1, 0.15) is 16.1 Å². The predicted molar refractivity (Wildman–Crippen MR) is 68.0 cm³/mol. The average Bonchev–Trinajstić information content (AvgIpc) is 2.85. The summed E-state index contributed by atoms with van der Waals surface area (Å²) in [5.74, 6) is 0.895. The van der Waals surface area contributed by atoms with Gasteiger partial charge >= 0.3 is 0 Å². The molecule has 0 aromatic carbocycles. The molecule has 3 rings (SSSR count). The van der Waals surface area contributed by atoms with E-state index in [9.17, 15) is 9.90 Å². The number of fused-ring (bicyclic) bond motifs is 1. The van der Waals surface area contributed by atoms with Crippen molar-refractivity contribution in [3.63, 3.8) is 0 Å². The van der Waals surface area contributed by atoms with E-state index in [0.717, 1.165) is 0 Å². The molecule has 2 atom stereocenters. The lowest BCUT2D eigenvalue weighted by molar-refractivity contribution is -0.0260. The van der Waals surface area contributed by atoms with Gasteiger partial charge in [0.2, 0.25) is 0 Å². The standard InChI is InChI=1S/C12H15NO5S/c14-8-5-16-2-1-7(8)13-12(15)11-10-9(6-19-11)17-3-4-18-10/h6-8,14H,1-5H2,(H,13,15)/t7-,8-/m1/s1. The zero-order valence-electron chi connectivity index (χ0n) is 10.3. The van der Waals surface area contributed by atoms with Crippen LogP contribution in [0.3, 0.4) is 0 Å². The van der Waals surface area contributed by atoms with E-state index in [0.29, 0.717) is 42.6 Å². The SMILES string of the molecule is O=C(N[C@@H]1CCOC[C@H]1O)c1scc2c1OCCO2. The largest absolute Gasteiger partial charge is 0.485 e. The summed E-state index contributed by atoms with van der Waals surface area (Å²) in [5, 5.41) is 14.4. The summed E-state index contributed by atoms with van der Waals surface area (Å²) in [6.07, 6.45) is -0.0525. The van der Waals surface area contributed by atoms with E-state index in [1.165, 1.54) is 11.3 Å². The maximum Gasteiger partial charge on any atom is 0.265 e. The second-order valence-electron chi connectivity index (χ2n) is 4.47.